The maximum absolute atomic E-state index is 13.0. The Morgan fingerprint density at radius 2 is 1.36 bits per heavy atom. The summed E-state index contributed by atoms with van der Waals surface area (Å²) in [4.78, 5) is 14.0. The van der Waals surface area contributed by atoms with Gasteiger partial charge in [-0.1, -0.05) is 95.8 Å². The largest absolute Gasteiger partial charge is 0.287 e. The molecule has 0 heterocycles. The first-order valence-corrected chi connectivity index (χ1v) is 9.75. The maximum Gasteiger partial charge on any atom is 0.197 e. The van der Waals surface area contributed by atoms with Crippen LogP contribution < -0.4 is 0 Å². The molecule has 0 saturated heterocycles. The molecule has 2 aromatic carbocycles. The maximum atomic E-state index is 13.0. The third kappa shape index (κ3) is 6.04. The van der Waals surface area contributed by atoms with Crippen LogP contribution >= 0.6 is 11.8 Å². The van der Waals surface area contributed by atoms with Gasteiger partial charge in [-0.2, -0.15) is 0 Å². The number of hydrogen-bond donors (Lipinski definition) is 0. The summed E-state index contributed by atoms with van der Waals surface area (Å²) in [7, 11) is 0. The van der Waals surface area contributed by atoms with E-state index in [0.717, 1.165) is 11.3 Å². The van der Waals surface area contributed by atoms with Crippen molar-refractivity contribution in [3.63, 3.8) is 0 Å². The normalized spacial score (nSPS) is 13.5. The molecule has 0 amide bonds. The Kier molecular flexibility index (Phi) is 6.16. The number of thioether (sulfide) groups is 1. The molecule has 0 radical (unpaired) electrons. The summed E-state index contributed by atoms with van der Waals surface area (Å²) < 4.78 is 0. The number of benzene rings is 2. The number of hydrogen-bond acceptors (Lipinski definition) is 2. The van der Waals surface area contributed by atoms with E-state index in [-0.39, 0.29) is 21.9 Å². The van der Waals surface area contributed by atoms with Gasteiger partial charge in [0.2, 0.25) is 0 Å². The number of carbonyl (C=O) groups is 1. The minimum absolute atomic E-state index is 0.0264. The third-order valence-electron chi connectivity index (χ3n) is 4.33. The smallest absolute Gasteiger partial charge is 0.197 e. The zero-order valence-electron chi connectivity index (χ0n) is 16.3. The average molecular weight is 355 g/mol. The topological polar surface area (TPSA) is 17.1 Å². The van der Waals surface area contributed by atoms with Crippen molar-refractivity contribution in [2.75, 3.05) is 0 Å². The van der Waals surface area contributed by atoms with E-state index in [1.165, 1.54) is 22.9 Å². The average Bonchev–Trinajstić information content (AvgIpc) is 2.52. The van der Waals surface area contributed by atoms with Crippen molar-refractivity contribution in [2.24, 2.45) is 16.7 Å². The van der Waals surface area contributed by atoms with Gasteiger partial charge in [0.05, 0.1) is 0 Å². The van der Waals surface area contributed by atoms with Gasteiger partial charge in [0.25, 0.3) is 0 Å². The lowest BCUT2D eigenvalue weighted by Crippen LogP contribution is -2.30. The molecule has 0 aliphatic heterocycles. The Labute approximate surface area is 157 Å². The lowest BCUT2D eigenvalue weighted by Gasteiger charge is -2.34. The second kappa shape index (κ2) is 7.78. The highest BCUT2D eigenvalue weighted by atomic mass is 32.2. The van der Waals surface area contributed by atoms with Gasteiger partial charge in [0, 0.05) is 10.8 Å². The van der Waals surface area contributed by atoms with E-state index in [0.29, 0.717) is 0 Å². The molecular weight excluding hydrogens is 324 g/mol. The molecule has 1 nitrogen and oxygen atoms in total. The van der Waals surface area contributed by atoms with Crippen molar-refractivity contribution in [1.82, 2.24) is 0 Å². The standard InChI is InChI=1S/C23H30OS/c1-22(2,3)16-20(23(4,5)6)21(24)25-19-14-12-18(13-15-19)17-10-8-7-9-11-17/h7-15,20H,16H2,1-6H3. The monoisotopic (exact) mass is 354 g/mol. The fourth-order valence-corrected chi connectivity index (χ4v) is 3.97. The van der Waals surface area contributed by atoms with Crippen LogP contribution in [-0.2, 0) is 4.79 Å². The molecule has 2 aromatic rings. The fourth-order valence-electron chi connectivity index (χ4n) is 2.89. The van der Waals surface area contributed by atoms with Gasteiger partial charge >= 0.3 is 0 Å². The van der Waals surface area contributed by atoms with E-state index in [4.69, 9.17) is 0 Å². The van der Waals surface area contributed by atoms with Crippen molar-refractivity contribution < 1.29 is 4.79 Å². The number of carbonyl (C=O) groups excluding carboxylic acids is 1. The van der Waals surface area contributed by atoms with Crippen LogP contribution in [0.5, 0.6) is 0 Å². The predicted molar refractivity (Wildman–Crippen MR) is 110 cm³/mol. The molecule has 0 N–H and O–H groups in total. The SMILES string of the molecule is CC(C)(C)CC(C(=O)Sc1ccc(-c2ccccc2)cc1)C(C)(C)C. The molecule has 1 atom stereocenters. The van der Waals surface area contributed by atoms with Gasteiger partial charge < -0.3 is 0 Å². The molecule has 0 saturated carbocycles. The minimum atomic E-state index is -0.0264. The van der Waals surface area contributed by atoms with Crippen molar-refractivity contribution >= 4 is 16.9 Å². The van der Waals surface area contributed by atoms with Crippen molar-refractivity contribution in [3.05, 3.63) is 54.6 Å². The zero-order valence-corrected chi connectivity index (χ0v) is 17.1. The molecule has 0 bridgehead atoms. The molecule has 2 rings (SSSR count). The van der Waals surface area contributed by atoms with Crippen LogP contribution in [0.4, 0.5) is 0 Å². The van der Waals surface area contributed by atoms with E-state index in [1.807, 2.05) is 18.2 Å². The Bertz CT molecular complexity index is 688. The van der Waals surface area contributed by atoms with Crippen molar-refractivity contribution in [2.45, 2.75) is 52.9 Å². The van der Waals surface area contributed by atoms with Gasteiger partial charge in [0.1, 0.15) is 0 Å². The zero-order chi connectivity index (χ0) is 18.7. The summed E-state index contributed by atoms with van der Waals surface area (Å²) >= 11 is 1.38. The third-order valence-corrected chi connectivity index (χ3v) is 5.32. The summed E-state index contributed by atoms with van der Waals surface area (Å²) in [6.45, 7) is 13.1. The Morgan fingerprint density at radius 1 is 0.840 bits per heavy atom. The van der Waals surface area contributed by atoms with Gasteiger partial charge in [0.15, 0.2) is 5.12 Å². The minimum Gasteiger partial charge on any atom is -0.287 e. The molecule has 0 spiro atoms. The van der Waals surface area contributed by atoms with E-state index in [9.17, 15) is 4.79 Å². The van der Waals surface area contributed by atoms with Crippen molar-refractivity contribution in [1.29, 1.82) is 0 Å². The summed E-state index contributed by atoms with van der Waals surface area (Å²) in [6.07, 6.45) is 0.907. The molecule has 0 aliphatic carbocycles. The highest BCUT2D eigenvalue weighted by Gasteiger charge is 2.34. The quantitative estimate of drug-likeness (QED) is 0.546. The van der Waals surface area contributed by atoms with E-state index in [2.05, 4.69) is 77.9 Å². The second-order valence-corrected chi connectivity index (χ2v) is 10.1. The Morgan fingerprint density at radius 3 is 1.84 bits per heavy atom. The van der Waals surface area contributed by atoms with Crippen molar-refractivity contribution in [3.8, 4) is 11.1 Å². The van der Waals surface area contributed by atoms with Crippen LogP contribution in [0.25, 0.3) is 11.1 Å². The van der Waals surface area contributed by atoms with Gasteiger partial charge in [-0.15, -0.1) is 0 Å². The molecule has 25 heavy (non-hydrogen) atoms. The van der Waals surface area contributed by atoms with Gasteiger partial charge in [-0.05, 0) is 40.5 Å². The lowest BCUT2D eigenvalue weighted by atomic mass is 9.73. The predicted octanol–water partition coefficient (Wildman–Crippen LogP) is 7.07. The van der Waals surface area contributed by atoms with Crippen LogP contribution in [0.3, 0.4) is 0 Å². The fraction of sp³-hybridized carbons (Fsp3) is 0.435. The lowest BCUT2D eigenvalue weighted by molar-refractivity contribution is -0.118. The molecule has 134 valence electrons. The summed E-state index contributed by atoms with van der Waals surface area (Å²) in [6, 6.07) is 18.6. The molecule has 1 unspecified atom stereocenters. The van der Waals surface area contributed by atoms with Gasteiger partial charge in [-0.25, -0.2) is 0 Å². The summed E-state index contributed by atoms with van der Waals surface area (Å²) in [5.41, 5.74) is 2.50. The van der Waals surface area contributed by atoms with Crippen LogP contribution in [0.2, 0.25) is 0 Å². The first-order chi connectivity index (χ1) is 11.6. The summed E-state index contributed by atoms with van der Waals surface area (Å²) in [5.74, 6) is 0.0475. The molecule has 2 heteroatoms. The van der Waals surface area contributed by atoms with Crippen LogP contribution in [0.1, 0.15) is 48.0 Å². The Balaban J connectivity index is 2.13. The van der Waals surface area contributed by atoms with E-state index < -0.39 is 0 Å². The first kappa shape index (κ1) is 19.8. The highest BCUT2D eigenvalue weighted by molar-refractivity contribution is 8.13. The van der Waals surface area contributed by atoms with E-state index >= 15 is 0 Å². The van der Waals surface area contributed by atoms with Crippen LogP contribution in [-0.4, -0.2) is 5.12 Å². The molecule has 0 aromatic heterocycles. The van der Waals surface area contributed by atoms with Crippen LogP contribution in [0, 0.1) is 16.7 Å². The first-order valence-electron chi connectivity index (χ1n) is 8.93. The van der Waals surface area contributed by atoms with Crippen LogP contribution in [0.15, 0.2) is 59.5 Å². The summed E-state index contributed by atoms with van der Waals surface area (Å²) in [5, 5.41) is 0.273. The van der Waals surface area contributed by atoms with E-state index in [1.54, 1.807) is 0 Å². The second-order valence-electron chi connectivity index (χ2n) is 8.99. The Hall–Kier alpha value is -1.54. The number of rotatable bonds is 4. The molecule has 0 fully saturated rings. The molecule has 0 aliphatic rings. The van der Waals surface area contributed by atoms with Gasteiger partial charge in [-0.3, -0.25) is 4.79 Å². The molecular formula is C23H30OS. The highest BCUT2D eigenvalue weighted by Crippen LogP contribution is 2.40.